The quantitative estimate of drug-likeness (QED) is 0.0212. The number of anilines is 1. The summed E-state index contributed by atoms with van der Waals surface area (Å²) in [6, 6.07) is 4.96. The Morgan fingerprint density at radius 3 is 2.08 bits per heavy atom. The molecule has 1 aromatic heterocycles. The van der Waals surface area contributed by atoms with Crippen LogP contribution in [0.3, 0.4) is 0 Å². The Kier molecular flexibility index (Phi) is 37.4. The number of urea groups is 1. The molecule has 0 radical (unpaired) electrons. The number of aromatic nitrogens is 1. The minimum absolute atomic E-state index is 0.0214. The van der Waals surface area contributed by atoms with E-state index in [1.165, 1.54) is 60.6 Å². The number of thiazole rings is 1. The second-order valence-corrected chi connectivity index (χ2v) is 34.3. The first-order valence-corrected chi connectivity index (χ1v) is 43.2. The number of imide groups is 1. The molecule has 0 unspecified atom stereocenters. The van der Waals surface area contributed by atoms with Gasteiger partial charge in [0.25, 0.3) is 11.8 Å². The number of ether oxygens (including phenoxy) is 4. The number of benzene rings is 2. The lowest BCUT2D eigenvalue weighted by Gasteiger charge is -2.41. The molecule has 14 atom stereocenters. The van der Waals surface area contributed by atoms with E-state index in [1.807, 2.05) is 49.6 Å². The summed E-state index contributed by atoms with van der Waals surface area (Å²) < 4.78 is 35.5. The van der Waals surface area contributed by atoms with E-state index in [9.17, 15) is 77.0 Å². The Morgan fingerprint density at radius 1 is 0.756 bits per heavy atom. The molecule has 3 fully saturated rings. The zero-order valence-corrected chi connectivity index (χ0v) is 71.4. The van der Waals surface area contributed by atoms with Crippen LogP contribution in [-0.4, -0.2) is 255 Å². The number of likely N-dealkylation sites (tertiary alicyclic amines) is 2. The number of fused-ring (bicyclic) bond motifs is 2. The van der Waals surface area contributed by atoms with Crippen molar-refractivity contribution in [2.45, 2.75) is 225 Å². The minimum Gasteiger partial charge on any atom is -0.481 e. The Hall–Kier alpha value is -9.78. The van der Waals surface area contributed by atoms with Crippen molar-refractivity contribution in [3.63, 3.8) is 0 Å². The van der Waals surface area contributed by atoms with Crippen molar-refractivity contribution in [1.82, 2.24) is 61.4 Å². The number of piperidine rings is 1. The van der Waals surface area contributed by atoms with E-state index in [4.69, 9.17) is 24.7 Å². The van der Waals surface area contributed by atoms with Gasteiger partial charge in [0.05, 0.1) is 68.6 Å². The summed E-state index contributed by atoms with van der Waals surface area (Å²) >= 11 is 1.45. The molecule has 656 valence electrons. The minimum atomic E-state index is -4.51. The van der Waals surface area contributed by atoms with Crippen LogP contribution in [0.15, 0.2) is 72.3 Å². The number of rotatable bonds is 48. The van der Waals surface area contributed by atoms with Gasteiger partial charge in [-0.1, -0.05) is 91.3 Å². The van der Waals surface area contributed by atoms with Gasteiger partial charge >= 0.3 is 25.7 Å². The van der Waals surface area contributed by atoms with Crippen LogP contribution in [0.2, 0.25) is 0 Å². The molecule has 1 saturated carbocycles. The smallest absolute Gasteiger partial charge is 0.411 e. The van der Waals surface area contributed by atoms with Gasteiger partial charge in [-0.2, -0.15) is 0 Å². The van der Waals surface area contributed by atoms with E-state index < -0.39 is 195 Å². The summed E-state index contributed by atoms with van der Waals surface area (Å²) in [5.74, 6) is -10.0. The van der Waals surface area contributed by atoms with Crippen molar-refractivity contribution in [3.05, 3.63) is 94.0 Å². The van der Waals surface area contributed by atoms with Crippen LogP contribution >= 0.6 is 18.9 Å². The summed E-state index contributed by atoms with van der Waals surface area (Å²) in [5.41, 5.74) is 6.86. The molecule has 119 heavy (non-hydrogen) atoms. The largest absolute Gasteiger partial charge is 0.481 e. The number of likely N-dealkylation sites (N-methyl/N-ethyl adjacent to an activating group) is 2. The first kappa shape index (κ1) is 96.4. The van der Waals surface area contributed by atoms with E-state index in [0.717, 1.165) is 32.5 Å². The molecule has 0 spiro atoms. The van der Waals surface area contributed by atoms with Crippen LogP contribution in [0, 0.1) is 29.6 Å². The highest BCUT2D eigenvalue weighted by Crippen LogP contribution is 2.44. The monoisotopic (exact) mass is 1700 g/mol. The number of carbonyl (C=O) groups excluding carboxylic acids is 13. The first-order valence-electron chi connectivity index (χ1n) is 40.5. The molecule has 1 aliphatic carbocycles. The van der Waals surface area contributed by atoms with Gasteiger partial charge in [-0.15, -0.1) is 11.3 Å². The number of carbonyl (C=O) groups is 14. The van der Waals surface area contributed by atoms with Gasteiger partial charge in [-0.25, -0.2) is 14.6 Å². The Morgan fingerprint density at radius 2 is 1.45 bits per heavy atom. The number of carboxylic acids is 1. The molecule has 4 aliphatic rings. The van der Waals surface area contributed by atoms with Gasteiger partial charge in [-0.05, 0) is 117 Å². The van der Waals surface area contributed by atoms with Crippen LogP contribution in [0.1, 0.15) is 166 Å². The fourth-order valence-electron chi connectivity index (χ4n) is 15.8. The predicted molar refractivity (Wildman–Crippen MR) is 436 cm³/mol. The van der Waals surface area contributed by atoms with Crippen molar-refractivity contribution < 1.29 is 106 Å². The Labute approximate surface area is 697 Å². The van der Waals surface area contributed by atoms with Crippen molar-refractivity contribution in [1.29, 1.82) is 0 Å². The average Bonchev–Trinajstić information content (AvgIpc) is 1.61. The summed E-state index contributed by atoms with van der Waals surface area (Å²) in [7, 11) is 1.46. The molecule has 7 rings (SSSR count). The van der Waals surface area contributed by atoms with Gasteiger partial charge in [0.2, 0.25) is 53.2 Å². The van der Waals surface area contributed by atoms with Gasteiger partial charge in [0.15, 0.2) is 0 Å². The SMILES string of the molecule is CC[C@H](C)[C@@H]([C@@H](CC(=O)N1CCC[C@H]1[C@H](OC)[C@@H](C)C(=O)N[C@@H](Cc1ccccc1)c1nccs1)OC)N(C)C(=O)[C@@H](NC(=O)[C@@H]1[C@H]2CC[C@H](C2)N1C(=O)OCc1ccc(NC(=O)[C@H](CCCNC(N)=O)NC(=O)[C@@H](NC(=O)CCOCCN2C(=O)C=CC2=O)C(C)C)cc1CN(C)C(=O)[C@@H](CCC(=O)O)NC(=O)CCCP(=O)(O)O)C(C)C. The number of methoxy groups -OCH3 is 2. The second-order valence-electron chi connectivity index (χ2n) is 31.6. The lowest BCUT2D eigenvalue weighted by molar-refractivity contribution is -0.148. The molecule has 2 saturated heterocycles. The predicted octanol–water partition coefficient (Wildman–Crippen LogP) is 4.40. The van der Waals surface area contributed by atoms with Gasteiger partial charge in [0, 0.05) is 103 Å². The van der Waals surface area contributed by atoms with Crippen molar-refractivity contribution in [2.24, 2.45) is 35.3 Å². The van der Waals surface area contributed by atoms with Crippen LogP contribution in [0.4, 0.5) is 15.3 Å². The van der Waals surface area contributed by atoms with Crippen molar-refractivity contribution >= 4 is 108 Å². The number of hydrogen-bond acceptors (Lipinski definition) is 21. The molecule has 4 heterocycles. The molecule has 38 heteroatoms. The van der Waals surface area contributed by atoms with Crippen molar-refractivity contribution in [2.75, 3.05) is 72.6 Å². The maximum absolute atomic E-state index is 15.2. The number of nitrogens with one attached hydrogen (secondary N) is 7. The molecular weight excluding hydrogens is 1580 g/mol. The average molecular weight is 1700 g/mol. The third kappa shape index (κ3) is 28.2. The number of nitrogens with two attached hydrogens (primary N) is 1. The third-order valence-corrected chi connectivity index (χ3v) is 24.1. The second kappa shape index (κ2) is 46.1. The van der Waals surface area contributed by atoms with Gasteiger partial charge in [-0.3, -0.25) is 71.9 Å². The van der Waals surface area contributed by atoms with Crippen LogP contribution in [0.5, 0.6) is 0 Å². The topological polar surface area (TPSA) is 493 Å². The number of carboxylic acid groups (broad SMARTS) is 1. The zero-order valence-electron chi connectivity index (χ0n) is 69.6. The molecule has 12 N–H and O–H groups in total. The molecule has 3 aliphatic heterocycles. The van der Waals surface area contributed by atoms with E-state index in [2.05, 4.69) is 42.2 Å². The number of amides is 14. The van der Waals surface area contributed by atoms with E-state index in [1.54, 1.807) is 52.8 Å². The van der Waals surface area contributed by atoms with E-state index in [0.29, 0.717) is 51.5 Å². The maximum Gasteiger partial charge on any atom is 0.411 e. The molecule has 36 nitrogen and oxygen atoms in total. The molecule has 14 amide bonds. The maximum atomic E-state index is 15.2. The van der Waals surface area contributed by atoms with Gasteiger partial charge < -0.3 is 91.5 Å². The van der Waals surface area contributed by atoms with Crippen LogP contribution < -0.4 is 43.0 Å². The fraction of sp³-hybridized carbons (Fsp3) is 0.617. The zero-order chi connectivity index (χ0) is 87.5. The number of hydrogen-bond donors (Lipinski definition) is 11. The van der Waals surface area contributed by atoms with Crippen LogP contribution in [0.25, 0.3) is 0 Å². The summed E-state index contributed by atoms with van der Waals surface area (Å²) in [4.78, 5) is 221. The summed E-state index contributed by atoms with van der Waals surface area (Å²) in [5, 5.41) is 31.6. The van der Waals surface area contributed by atoms with E-state index in [-0.39, 0.29) is 105 Å². The van der Waals surface area contributed by atoms with Gasteiger partial charge in [0.1, 0.15) is 41.8 Å². The molecule has 2 aromatic carbocycles. The van der Waals surface area contributed by atoms with Crippen molar-refractivity contribution in [3.8, 4) is 0 Å². The third-order valence-electron chi connectivity index (χ3n) is 22.3. The number of aliphatic carboxylic acids is 1. The highest BCUT2D eigenvalue weighted by molar-refractivity contribution is 7.51. The Balaban J connectivity index is 1.08. The number of nitrogens with zero attached hydrogens (tertiary/aromatic N) is 6. The van der Waals surface area contributed by atoms with Crippen LogP contribution in [-0.2, 0) is 101 Å². The number of primary amides is 1. The summed E-state index contributed by atoms with van der Waals surface area (Å²) in [6.07, 6.45) is 2.66. The molecule has 3 aromatic rings. The lowest BCUT2D eigenvalue weighted by atomic mass is 9.89. The lowest BCUT2D eigenvalue weighted by Crippen LogP contribution is -2.60. The first-order chi connectivity index (χ1) is 56.4. The normalized spacial score (nSPS) is 18.9. The molecule has 2 bridgehead atoms. The van der Waals surface area contributed by atoms with E-state index >= 15 is 9.59 Å². The highest BCUT2D eigenvalue weighted by atomic mass is 32.1. The highest BCUT2D eigenvalue weighted by Gasteiger charge is 2.53. The standard InChI is InChI=1S/C81H119N14O22PS/c1-12-49(6)70(61(114-10)44-66(100)93-35-17-22-60(93)72(115-11)50(7)73(103)88-59(77-83-34-40-119-77)41-51-19-14-13-15-20-51)92(9)79(108)69(48(4)5)90-76(106)71-52-25-27-56(43-52)95(71)81(110)117-46-53-24-26-55(42-54(53)45-91(8)78(107)58(28-31-67(101)102)86-62(96)23-18-39-118(111,112)113)85-74(104)57(21-16-33-84-80(82)109)87-75(105)68(47(2)3)89-63(97)32-37-116-38-36-94-64(98)29-30-65(94)99/h13-15,19-20,24,26,29-30,34,40,42,47-50,52,56-61,68-72H,12,16-18,21-23,25,27-28,31-33,35-39,41,43-46H2,1-11H3,(H,85,104)(H,86,96)(H,87,105)(H,88,103)(H,89,97)(H,90,106)(H,101,102)(H3,82,84,109)(H2,111,112,113)/t49-,50+,52-,56+,57-,58+,59-,60-,61+,68-,69-,70-,71-,72+/m0/s1. The summed E-state index contributed by atoms with van der Waals surface area (Å²) in [6.45, 7) is 11.8. The Bertz CT molecular complexity index is 4080. The molecular formula is C81H119N14O22PS. The fourth-order valence-corrected chi connectivity index (χ4v) is 17.1.